The first-order valence-electron chi connectivity index (χ1n) is 4.62. The van der Waals surface area contributed by atoms with E-state index < -0.39 is 0 Å². The monoisotopic (exact) mass is 169 g/mol. The molecule has 1 saturated heterocycles. The van der Waals surface area contributed by atoms with Gasteiger partial charge in [0.15, 0.2) is 0 Å². The van der Waals surface area contributed by atoms with Gasteiger partial charge in [-0.1, -0.05) is 13.8 Å². The highest BCUT2D eigenvalue weighted by Crippen LogP contribution is 2.34. The lowest BCUT2D eigenvalue weighted by Crippen LogP contribution is -2.43. The van der Waals surface area contributed by atoms with Crippen molar-refractivity contribution in [1.29, 1.82) is 0 Å². The molecule has 0 spiro atoms. The standard InChI is InChI=1S/C10H19NO/c1-9(2)6-5-8(12)11-10(3,4)7-9/h5-7H2,1-4H3,(H,11,12). The maximum Gasteiger partial charge on any atom is 0.220 e. The number of carbonyl (C=O) groups excluding carboxylic acids is 1. The Kier molecular flexibility index (Phi) is 2.19. The number of hydrogen-bond acceptors (Lipinski definition) is 1. The van der Waals surface area contributed by atoms with Crippen molar-refractivity contribution in [2.24, 2.45) is 5.41 Å². The highest BCUT2D eigenvalue weighted by Gasteiger charge is 2.33. The lowest BCUT2D eigenvalue weighted by Gasteiger charge is -2.31. The van der Waals surface area contributed by atoms with Gasteiger partial charge in [0.1, 0.15) is 0 Å². The Balaban J connectivity index is 2.76. The van der Waals surface area contributed by atoms with Gasteiger partial charge < -0.3 is 5.32 Å². The molecule has 1 aliphatic heterocycles. The lowest BCUT2D eigenvalue weighted by atomic mass is 9.78. The van der Waals surface area contributed by atoms with Crippen LogP contribution in [0.15, 0.2) is 0 Å². The van der Waals surface area contributed by atoms with Crippen molar-refractivity contribution in [2.45, 2.75) is 52.5 Å². The molecule has 0 aromatic rings. The topological polar surface area (TPSA) is 29.1 Å². The van der Waals surface area contributed by atoms with Crippen molar-refractivity contribution in [3.63, 3.8) is 0 Å². The molecule has 0 saturated carbocycles. The van der Waals surface area contributed by atoms with Crippen molar-refractivity contribution >= 4 is 5.91 Å². The molecule has 0 unspecified atom stereocenters. The molecule has 0 radical (unpaired) electrons. The molecule has 0 bridgehead atoms. The molecule has 12 heavy (non-hydrogen) atoms. The first kappa shape index (κ1) is 9.56. The SMILES string of the molecule is CC1(C)CCC(=O)NC(C)(C)C1. The van der Waals surface area contributed by atoms with Gasteiger partial charge in [0, 0.05) is 12.0 Å². The molecule has 1 fully saturated rings. The van der Waals surface area contributed by atoms with Crippen LogP contribution in [0.4, 0.5) is 0 Å². The summed E-state index contributed by atoms with van der Waals surface area (Å²) < 4.78 is 0. The fraction of sp³-hybridized carbons (Fsp3) is 0.900. The van der Waals surface area contributed by atoms with E-state index in [-0.39, 0.29) is 11.4 Å². The third-order valence-electron chi connectivity index (χ3n) is 2.43. The van der Waals surface area contributed by atoms with Gasteiger partial charge in [-0.2, -0.15) is 0 Å². The molecule has 0 aliphatic carbocycles. The smallest absolute Gasteiger partial charge is 0.220 e. The quantitative estimate of drug-likeness (QED) is 0.591. The minimum atomic E-state index is -0.0307. The zero-order chi connectivity index (χ0) is 9.41. The van der Waals surface area contributed by atoms with Crippen LogP contribution in [0.3, 0.4) is 0 Å². The molecule has 1 rings (SSSR count). The Labute approximate surface area is 74.7 Å². The second kappa shape index (κ2) is 2.75. The van der Waals surface area contributed by atoms with Crippen LogP contribution in [-0.2, 0) is 4.79 Å². The van der Waals surface area contributed by atoms with E-state index in [9.17, 15) is 4.79 Å². The summed E-state index contributed by atoms with van der Waals surface area (Å²) in [5.41, 5.74) is 0.264. The van der Waals surface area contributed by atoms with Crippen LogP contribution in [0.2, 0.25) is 0 Å². The molecule has 1 N–H and O–H groups in total. The van der Waals surface area contributed by atoms with Gasteiger partial charge in [0.25, 0.3) is 0 Å². The number of amides is 1. The van der Waals surface area contributed by atoms with Crippen LogP contribution in [-0.4, -0.2) is 11.4 Å². The Bertz CT molecular complexity index is 194. The van der Waals surface area contributed by atoms with E-state index in [1.165, 1.54) is 0 Å². The van der Waals surface area contributed by atoms with Crippen LogP contribution < -0.4 is 5.32 Å². The number of rotatable bonds is 0. The largest absolute Gasteiger partial charge is 0.351 e. The van der Waals surface area contributed by atoms with Crippen molar-refractivity contribution in [3.8, 4) is 0 Å². The summed E-state index contributed by atoms with van der Waals surface area (Å²) >= 11 is 0. The summed E-state index contributed by atoms with van der Waals surface area (Å²) in [7, 11) is 0. The molecule has 2 nitrogen and oxygen atoms in total. The average Bonchev–Trinajstić information content (AvgIpc) is 1.86. The molecule has 1 amide bonds. The third-order valence-corrected chi connectivity index (χ3v) is 2.43. The summed E-state index contributed by atoms with van der Waals surface area (Å²) in [6, 6.07) is 0. The van der Waals surface area contributed by atoms with Crippen molar-refractivity contribution in [2.75, 3.05) is 0 Å². The number of nitrogens with one attached hydrogen (secondary N) is 1. The predicted molar refractivity (Wildman–Crippen MR) is 49.9 cm³/mol. The van der Waals surface area contributed by atoms with Crippen LogP contribution in [0.25, 0.3) is 0 Å². The molecule has 0 aromatic heterocycles. The van der Waals surface area contributed by atoms with E-state index in [2.05, 4.69) is 33.0 Å². The first-order valence-corrected chi connectivity index (χ1v) is 4.62. The Hall–Kier alpha value is -0.530. The zero-order valence-electron chi connectivity index (χ0n) is 8.53. The van der Waals surface area contributed by atoms with Gasteiger partial charge in [0.05, 0.1) is 0 Å². The van der Waals surface area contributed by atoms with Gasteiger partial charge in [-0.15, -0.1) is 0 Å². The molecule has 1 aliphatic rings. The summed E-state index contributed by atoms with van der Waals surface area (Å²) in [6.45, 7) is 8.65. The Morgan fingerprint density at radius 2 is 1.83 bits per heavy atom. The molecule has 2 heteroatoms. The van der Waals surface area contributed by atoms with E-state index >= 15 is 0 Å². The molecule has 0 aromatic carbocycles. The molecular weight excluding hydrogens is 150 g/mol. The van der Waals surface area contributed by atoms with E-state index in [1.807, 2.05) is 0 Å². The second-order valence-electron chi connectivity index (χ2n) is 5.27. The van der Waals surface area contributed by atoms with E-state index in [4.69, 9.17) is 0 Å². The normalized spacial score (nSPS) is 27.5. The minimum absolute atomic E-state index is 0.0307. The summed E-state index contributed by atoms with van der Waals surface area (Å²) in [5, 5.41) is 3.03. The van der Waals surface area contributed by atoms with E-state index in [1.54, 1.807) is 0 Å². The maximum absolute atomic E-state index is 11.3. The van der Waals surface area contributed by atoms with Gasteiger partial charge in [-0.3, -0.25) is 4.79 Å². The van der Waals surface area contributed by atoms with Gasteiger partial charge in [-0.25, -0.2) is 0 Å². The lowest BCUT2D eigenvalue weighted by molar-refractivity contribution is -0.122. The van der Waals surface area contributed by atoms with E-state index in [0.717, 1.165) is 12.8 Å². The first-order chi connectivity index (χ1) is 5.31. The van der Waals surface area contributed by atoms with E-state index in [0.29, 0.717) is 11.8 Å². The van der Waals surface area contributed by atoms with Gasteiger partial charge >= 0.3 is 0 Å². The van der Waals surface area contributed by atoms with Crippen molar-refractivity contribution in [3.05, 3.63) is 0 Å². The number of carbonyl (C=O) groups is 1. The van der Waals surface area contributed by atoms with Crippen molar-refractivity contribution < 1.29 is 4.79 Å². The predicted octanol–water partition coefficient (Wildman–Crippen LogP) is 2.09. The molecule has 1 heterocycles. The molecule has 0 atom stereocenters. The fourth-order valence-corrected chi connectivity index (χ4v) is 2.22. The fourth-order valence-electron chi connectivity index (χ4n) is 2.22. The van der Waals surface area contributed by atoms with Gasteiger partial charge in [-0.05, 0) is 32.1 Å². The van der Waals surface area contributed by atoms with Crippen molar-refractivity contribution in [1.82, 2.24) is 5.32 Å². The highest BCUT2D eigenvalue weighted by atomic mass is 16.1. The molecule has 70 valence electrons. The molecular formula is C10H19NO. The van der Waals surface area contributed by atoms with Crippen LogP contribution in [0.1, 0.15) is 47.0 Å². The Morgan fingerprint density at radius 1 is 1.25 bits per heavy atom. The highest BCUT2D eigenvalue weighted by molar-refractivity contribution is 5.77. The van der Waals surface area contributed by atoms with Crippen LogP contribution in [0.5, 0.6) is 0 Å². The summed E-state index contributed by atoms with van der Waals surface area (Å²) in [4.78, 5) is 11.3. The van der Waals surface area contributed by atoms with Crippen LogP contribution in [0, 0.1) is 5.41 Å². The summed E-state index contributed by atoms with van der Waals surface area (Å²) in [6.07, 6.45) is 2.74. The minimum Gasteiger partial charge on any atom is -0.351 e. The number of hydrogen-bond donors (Lipinski definition) is 1. The third kappa shape index (κ3) is 2.50. The Morgan fingerprint density at radius 3 is 2.42 bits per heavy atom. The average molecular weight is 169 g/mol. The maximum atomic E-state index is 11.3. The second-order valence-corrected chi connectivity index (χ2v) is 5.27. The zero-order valence-corrected chi connectivity index (χ0v) is 8.53. The summed E-state index contributed by atoms with van der Waals surface area (Å²) in [5.74, 6) is 0.200. The van der Waals surface area contributed by atoms with Crippen LogP contribution >= 0.6 is 0 Å². The van der Waals surface area contributed by atoms with Gasteiger partial charge in [0.2, 0.25) is 5.91 Å².